The molecule has 0 unspecified atom stereocenters. The van der Waals surface area contributed by atoms with Crippen molar-refractivity contribution in [2.75, 3.05) is 17.2 Å². The van der Waals surface area contributed by atoms with Crippen molar-refractivity contribution in [3.63, 3.8) is 0 Å². The van der Waals surface area contributed by atoms with Crippen molar-refractivity contribution in [1.82, 2.24) is 9.97 Å². The van der Waals surface area contributed by atoms with Gasteiger partial charge in [-0.05, 0) is 30.5 Å². The minimum Gasteiger partial charge on any atom is -0.463 e. The average Bonchev–Trinajstić information content (AvgIpc) is 3.02. The van der Waals surface area contributed by atoms with E-state index in [4.69, 9.17) is 22.1 Å². The molecule has 2 heterocycles. The highest BCUT2D eigenvalue weighted by Gasteiger charge is 2.16. The Morgan fingerprint density at radius 3 is 2.60 bits per heavy atom. The Kier molecular flexibility index (Phi) is 5.30. The molecule has 1 aromatic heterocycles. The molecule has 3 rings (SSSR count). The Labute approximate surface area is 149 Å². The van der Waals surface area contributed by atoms with Crippen LogP contribution in [0.1, 0.15) is 12.0 Å². The number of amidine groups is 1. The third-order valence-corrected chi connectivity index (χ3v) is 3.75. The number of halogens is 1. The number of aliphatic imine (C=N–C) groups is 1. The second-order valence-electron chi connectivity index (χ2n) is 5.47. The van der Waals surface area contributed by atoms with E-state index in [0.29, 0.717) is 17.3 Å². The first-order valence-corrected chi connectivity index (χ1v) is 8.07. The summed E-state index contributed by atoms with van der Waals surface area (Å²) in [7, 11) is 0. The van der Waals surface area contributed by atoms with Gasteiger partial charge in [-0.3, -0.25) is 5.32 Å². The van der Waals surface area contributed by atoms with E-state index >= 15 is 0 Å². The summed E-state index contributed by atoms with van der Waals surface area (Å²) in [6.07, 6.45) is 4.54. The lowest BCUT2D eigenvalue weighted by Gasteiger charge is -2.08. The van der Waals surface area contributed by atoms with E-state index in [1.54, 1.807) is 0 Å². The molecule has 0 fully saturated rings. The molecule has 1 aromatic carbocycles. The van der Waals surface area contributed by atoms with Crippen LogP contribution in [-0.2, 0) is 11.2 Å². The normalized spacial score (nSPS) is 16.0. The molecule has 25 heavy (non-hydrogen) atoms. The highest BCUT2D eigenvalue weighted by atomic mass is 35.5. The molecule has 0 saturated heterocycles. The van der Waals surface area contributed by atoms with Crippen LogP contribution in [-0.4, -0.2) is 34.7 Å². The van der Waals surface area contributed by atoms with Gasteiger partial charge in [0, 0.05) is 5.69 Å². The third kappa shape index (κ3) is 5.05. The number of aryl methyl sites for hydroxylation is 1. The van der Waals surface area contributed by atoms with Crippen LogP contribution < -0.4 is 16.4 Å². The zero-order valence-electron chi connectivity index (χ0n) is 13.3. The van der Waals surface area contributed by atoms with Gasteiger partial charge in [0.05, 0.1) is 23.5 Å². The largest absolute Gasteiger partial charge is 0.463 e. The number of hydrogen-bond acceptors (Lipinski definition) is 6. The molecule has 130 valence electrons. The molecule has 9 heteroatoms. The van der Waals surface area contributed by atoms with Gasteiger partial charge < -0.3 is 15.8 Å². The molecule has 0 bridgehead atoms. The number of aromatic nitrogens is 2. The Balaban J connectivity index is 1.48. The Morgan fingerprint density at radius 1 is 1.24 bits per heavy atom. The number of rotatable bonds is 5. The maximum atomic E-state index is 11.9. The van der Waals surface area contributed by atoms with E-state index in [2.05, 4.69) is 25.6 Å². The topological polar surface area (TPSA) is 115 Å². The minimum atomic E-state index is -0.428. The number of ether oxygens (including phenoxy) is 1. The molecule has 0 radical (unpaired) electrons. The monoisotopic (exact) mass is 360 g/mol. The van der Waals surface area contributed by atoms with Crippen LogP contribution in [0.3, 0.4) is 0 Å². The van der Waals surface area contributed by atoms with Gasteiger partial charge in [-0.2, -0.15) is 0 Å². The Bertz CT molecular complexity index is 763. The number of urea groups is 1. The van der Waals surface area contributed by atoms with E-state index in [-0.39, 0.29) is 18.0 Å². The van der Waals surface area contributed by atoms with E-state index in [1.165, 1.54) is 12.4 Å². The van der Waals surface area contributed by atoms with Crippen LogP contribution in [0.4, 0.5) is 16.4 Å². The van der Waals surface area contributed by atoms with E-state index < -0.39 is 6.03 Å². The number of carbonyl (C=O) groups excluding carboxylic acids is 1. The number of anilines is 2. The van der Waals surface area contributed by atoms with Gasteiger partial charge in [0.1, 0.15) is 6.61 Å². The highest BCUT2D eigenvalue weighted by Crippen LogP contribution is 2.15. The molecule has 0 saturated carbocycles. The molecular formula is C16H17ClN6O2. The summed E-state index contributed by atoms with van der Waals surface area (Å²) in [5, 5.41) is 5.64. The average molecular weight is 361 g/mol. The first-order valence-electron chi connectivity index (χ1n) is 7.69. The lowest BCUT2D eigenvalue weighted by Crippen LogP contribution is -2.20. The van der Waals surface area contributed by atoms with E-state index in [1.807, 2.05) is 24.3 Å². The molecule has 4 N–H and O–H groups in total. The summed E-state index contributed by atoms with van der Waals surface area (Å²) in [5.74, 6) is 0.178. The summed E-state index contributed by atoms with van der Waals surface area (Å²) >= 11 is 5.69. The van der Waals surface area contributed by atoms with E-state index in [0.717, 1.165) is 18.4 Å². The number of nitrogens with two attached hydrogens (primary N) is 1. The summed E-state index contributed by atoms with van der Waals surface area (Å²) < 4.78 is 5.13. The molecule has 0 spiro atoms. The number of carbonyl (C=O) groups is 1. The number of amides is 2. The molecule has 1 aliphatic heterocycles. The van der Waals surface area contributed by atoms with Crippen molar-refractivity contribution < 1.29 is 9.53 Å². The summed E-state index contributed by atoms with van der Waals surface area (Å²) in [4.78, 5) is 23.9. The van der Waals surface area contributed by atoms with E-state index in [9.17, 15) is 4.79 Å². The highest BCUT2D eigenvalue weighted by molar-refractivity contribution is 6.30. The molecule has 0 aliphatic carbocycles. The second kappa shape index (κ2) is 7.80. The fourth-order valence-electron chi connectivity index (χ4n) is 2.31. The molecule has 2 amide bonds. The fourth-order valence-corrected chi connectivity index (χ4v) is 2.41. The number of benzene rings is 1. The quantitative estimate of drug-likeness (QED) is 0.757. The molecular weight excluding hydrogens is 344 g/mol. The lowest BCUT2D eigenvalue weighted by atomic mass is 10.1. The zero-order chi connectivity index (χ0) is 17.6. The lowest BCUT2D eigenvalue weighted by molar-refractivity contribution is 0.262. The van der Waals surface area contributed by atoms with Crippen molar-refractivity contribution in [2.24, 2.45) is 10.7 Å². The summed E-state index contributed by atoms with van der Waals surface area (Å²) in [5.41, 5.74) is 7.30. The maximum absolute atomic E-state index is 11.9. The van der Waals surface area contributed by atoms with Crippen molar-refractivity contribution >= 4 is 35.3 Å². The SMILES string of the molecule is NC1=N[C@@H](CCc2ccc(NC(=O)Nc3ncc(Cl)cn3)cc2)CO1. The van der Waals surface area contributed by atoms with Gasteiger partial charge in [-0.1, -0.05) is 23.7 Å². The molecule has 1 aliphatic rings. The minimum absolute atomic E-state index is 0.114. The van der Waals surface area contributed by atoms with Gasteiger partial charge in [0.2, 0.25) is 5.95 Å². The van der Waals surface area contributed by atoms with Gasteiger partial charge in [-0.15, -0.1) is 0 Å². The van der Waals surface area contributed by atoms with Crippen LogP contribution in [0.2, 0.25) is 5.02 Å². The van der Waals surface area contributed by atoms with Crippen molar-refractivity contribution in [2.45, 2.75) is 18.9 Å². The van der Waals surface area contributed by atoms with Gasteiger partial charge in [-0.25, -0.2) is 19.8 Å². The van der Waals surface area contributed by atoms with Crippen molar-refractivity contribution in [1.29, 1.82) is 0 Å². The zero-order valence-corrected chi connectivity index (χ0v) is 14.0. The van der Waals surface area contributed by atoms with Crippen LogP contribution in [0, 0.1) is 0 Å². The Morgan fingerprint density at radius 2 is 1.96 bits per heavy atom. The smallest absolute Gasteiger partial charge is 0.326 e. The number of nitrogens with one attached hydrogen (secondary N) is 2. The van der Waals surface area contributed by atoms with Gasteiger partial charge in [0.15, 0.2) is 0 Å². The first kappa shape index (κ1) is 17.0. The third-order valence-electron chi connectivity index (χ3n) is 3.56. The second-order valence-corrected chi connectivity index (χ2v) is 5.91. The summed E-state index contributed by atoms with van der Waals surface area (Å²) in [6.45, 7) is 0.540. The predicted octanol–water partition coefficient (Wildman–Crippen LogP) is 2.42. The Hall–Kier alpha value is -2.87. The molecule has 8 nitrogen and oxygen atoms in total. The fraction of sp³-hybridized carbons (Fsp3) is 0.250. The predicted molar refractivity (Wildman–Crippen MR) is 95.8 cm³/mol. The first-order chi connectivity index (χ1) is 12.1. The van der Waals surface area contributed by atoms with Crippen LogP contribution in [0.25, 0.3) is 0 Å². The number of nitrogens with zero attached hydrogens (tertiary/aromatic N) is 3. The van der Waals surface area contributed by atoms with Gasteiger partial charge in [0.25, 0.3) is 6.02 Å². The standard InChI is InChI=1S/C16H17ClN6O2/c17-11-7-19-15(20-8-11)23-16(24)22-12-4-1-10(2-5-12)3-6-13-9-25-14(18)21-13/h1-2,4-5,7-8,13H,3,6,9H2,(H2,18,21)(H2,19,20,22,23,24)/t13-/m0/s1. The maximum Gasteiger partial charge on any atom is 0.326 e. The van der Waals surface area contributed by atoms with Crippen LogP contribution >= 0.6 is 11.6 Å². The van der Waals surface area contributed by atoms with Crippen LogP contribution in [0.5, 0.6) is 0 Å². The number of hydrogen-bond donors (Lipinski definition) is 3. The summed E-state index contributed by atoms with van der Waals surface area (Å²) in [6, 6.07) is 7.53. The van der Waals surface area contributed by atoms with Crippen molar-refractivity contribution in [3.05, 3.63) is 47.2 Å². The molecule has 1 atom stereocenters. The van der Waals surface area contributed by atoms with Gasteiger partial charge >= 0.3 is 6.03 Å². The van der Waals surface area contributed by atoms with Crippen LogP contribution in [0.15, 0.2) is 41.7 Å². The van der Waals surface area contributed by atoms with Crippen molar-refractivity contribution in [3.8, 4) is 0 Å². The molecule has 2 aromatic rings.